The van der Waals surface area contributed by atoms with E-state index in [0.717, 1.165) is 6.42 Å². The van der Waals surface area contributed by atoms with E-state index in [1.807, 2.05) is 6.92 Å². The van der Waals surface area contributed by atoms with Crippen molar-refractivity contribution in [2.75, 3.05) is 5.32 Å². The Bertz CT molecular complexity index is 467. The van der Waals surface area contributed by atoms with Crippen LogP contribution in [-0.2, 0) is 4.79 Å². The van der Waals surface area contributed by atoms with Gasteiger partial charge in [-0.1, -0.05) is 19.1 Å². The van der Waals surface area contributed by atoms with Gasteiger partial charge in [0.15, 0.2) is 0 Å². The zero-order valence-electron chi connectivity index (χ0n) is 9.77. The summed E-state index contributed by atoms with van der Waals surface area (Å²) in [6, 6.07) is 5.86. The molecule has 0 heterocycles. The van der Waals surface area contributed by atoms with Crippen LogP contribution in [0.3, 0.4) is 0 Å². The molecule has 0 aromatic heterocycles. The monoisotopic (exact) mass is 234 g/mol. The minimum Gasteiger partial charge on any atom is -0.322 e. The summed E-state index contributed by atoms with van der Waals surface area (Å²) in [6.07, 6.45) is 2.57. The molecule has 0 spiro atoms. The standard InChI is InChI=1S/C12H14N2O3/c1-3-5-9(2)12(15)13-10-6-4-7-11(8-10)14(16)17/h4-8H,3H2,1-2H3,(H,13,15). The van der Waals surface area contributed by atoms with Crippen molar-refractivity contribution in [2.45, 2.75) is 20.3 Å². The summed E-state index contributed by atoms with van der Waals surface area (Å²) in [5.41, 5.74) is 0.979. The molecule has 0 saturated carbocycles. The number of hydrogen-bond donors (Lipinski definition) is 1. The molecule has 0 unspecified atom stereocenters. The number of nitrogens with zero attached hydrogens (tertiary/aromatic N) is 1. The lowest BCUT2D eigenvalue weighted by molar-refractivity contribution is -0.384. The minimum atomic E-state index is -0.496. The van der Waals surface area contributed by atoms with Crippen LogP contribution in [0.25, 0.3) is 0 Å². The third-order valence-electron chi connectivity index (χ3n) is 2.18. The SMILES string of the molecule is CCC=C(C)C(=O)Nc1cccc([N+](=O)[O-])c1. The number of non-ortho nitro benzene ring substituents is 1. The Morgan fingerprint density at radius 2 is 2.24 bits per heavy atom. The summed E-state index contributed by atoms with van der Waals surface area (Å²) >= 11 is 0. The largest absolute Gasteiger partial charge is 0.322 e. The maximum atomic E-state index is 11.6. The molecule has 1 amide bonds. The highest BCUT2D eigenvalue weighted by Crippen LogP contribution is 2.17. The van der Waals surface area contributed by atoms with E-state index in [0.29, 0.717) is 11.3 Å². The molecule has 1 rings (SSSR count). The maximum Gasteiger partial charge on any atom is 0.271 e. The number of carbonyl (C=O) groups excluding carboxylic acids is 1. The third kappa shape index (κ3) is 3.71. The predicted molar refractivity (Wildman–Crippen MR) is 65.8 cm³/mol. The average molecular weight is 234 g/mol. The van der Waals surface area contributed by atoms with Crippen LogP contribution in [0.4, 0.5) is 11.4 Å². The smallest absolute Gasteiger partial charge is 0.271 e. The van der Waals surface area contributed by atoms with Gasteiger partial charge < -0.3 is 5.32 Å². The molecule has 17 heavy (non-hydrogen) atoms. The van der Waals surface area contributed by atoms with Crippen LogP contribution in [0.15, 0.2) is 35.9 Å². The third-order valence-corrected chi connectivity index (χ3v) is 2.18. The first-order chi connectivity index (χ1) is 8.04. The van der Waals surface area contributed by atoms with Gasteiger partial charge in [-0.15, -0.1) is 0 Å². The van der Waals surface area contributed by atoms with E-state index < -0.39 is 4.92 Å². The fraction of sp³-hybridized carbons (Fsp3) is 0.250. The second-order valence-electron chi connectivity index (χ2n) is 3.56. The predicted octanol–water partition coefficient (Wildman–Crippen LogP) is 2.89. The highest BCUT2D eigenvalue weighted by Gasteiger charge is 2.08. The van der Waals surface area contributed by atoms with E-state index in [9.17, 15) is 14.9 Å². The van der Waals surface area contributed by atoms with Crippen molar-refractivity contribution >= 4 is 17.3 Å². The van der Waals surface area contributed by atoms with Gasteiger partial charge >= 0.3 is 0 Å². The van der Waals surface area contributed by atoms with Crippen LogP contribution >= 0.6 is 0 Å². The van der Waals surface area contributed by atoms with Crippen molar-refractivity contribution in [3.63, 3.8) is 0 Å². The zero-order chi connectivity index (χ0) is 12.8. The second kappa shape index (κ2) is 5.79. The number of carbonyl (C=O) groups is 1. The summed E-state index contributed by atoms with van der Waals surface area (Å²) in [4.78, 5) is 21.7. The van der Waals surface area contributed by atoms with Crippen molar-refractivity contribution in [3.8, 4) is 0 Å². The Kier molecular flexibility index (Phi) is 4.39. The van der Waals surface area contributed by atoms with Crippen LogP contribution < -0.4 is 5.32 Å². The van der Waals surface area contributed by atoms with Crippen LogP contribution in [0.1, 0.15) is 20.3 Å². The van der Waals surface area contributed by atoms with Crippen molar-refractivity contribution in [3.05, 3.63) is 46.0 Å². The molecule has 0 aliphatic carbocycles. The Morgan fingerprint density at radius 3 is 2.82 bits per heavy atom. The van der Waals surface area contributed by atoms with Crippen LogP contribution in [-0.4, -0.2) is 10.8 Å². The quantitative estimate of drug-likeness (QED) is 0.494. The molecule has 1 N–H and O–H groups in total. The number of amides is 1. The van der Waals surface area contributed by atoms with E-state index >= 15 is 0 Å². The molecule has 1 aromatic rings. The Balaban J connectivity index is 2.82. The van der Waals surface area contributed by atoms with Crippen molar-refractivity contribution in [2.24, 2.45) is 0 Å². The Labute approximate surface area is 99.3 Å². The van der Waals surface area contributed by atoms with Crippen molar-refractivity contribution < 1.29 is 9.72 Å². The van der Waals surface area contributed by atoms with Gasteiger partial charge in [-0.05, 0) is 19.4 Å². The maximum absolute atomic E-state index is 11.6. The van der Waals surface area contributed by atoms with Crippen LogP contribution in [0.2, 0.25) is 0 Å². The molecule has 0 bridgehead atoms. The topological polar surface area (TPSA) is 72.2 Å². The van der Waals surface area contributed by atoms with Gasteiger partial charge in [0.2, 0.25) is 0 Å². The zero-order valence-corrected chi connectivity index (χ0v) is 9.77. The fourth-order valence-electron chi connectivity index (χ4n) is 1.33. The molecule has 0 radical (unpaired) electrons. The molecule has 0 atom stereocenters. The Hall–Kier alpha value is -2.17. The van der Waals surface area contributed by atoms with E-state index in [2.05, 4.69) is 5.32 Å². The van der Waals surface area contributed by atoms with Gasteiger partial charge in [0.25, 0.3) is 11.6 Å². The summed E-state index contributed by atoms with van der Waals surface area (Å²) in [6.45, 7) is 3.64. The number of nitro groups is 1. The van der Waals surface area contributed by atoms with E-state index in [-0.39, 0.29) is 11.6 Å². The summed E-state index contributed by atoms with van der Waals surface area (Å²) in [5.74, 6) is -0.243. The lowest BCUT2D eigenvalue weighted by Gasteiger charge is -2.04. The number of nitrogens with one attached hydrogen (secondary N) is 1. The number of rotatable bonds is 4. The number of hydrogen-bond acceptors (Lipinski definition) is 3. The molecule has 90 valence electrons. The van der Waals surface area contributed by atoms with E-state index in [1.54, 1.807) is 19.1 Å². The van der Waals surface area contributed by atoms with Crippen LogP contribution in [0, 0.1) is 10.1 Å². The summed E-state index contributed by atoms with van der Waals surface area (Å²) in [5, 5.41) is 13.2. The molecular weight excluding hydrogens is 220 g/mol. The first-order valence-electron chi connectivity index (χ1n) is 5.27. The van der Waals surface area contributed by atoms with Gasteiger partial charge in [0.1, 0.15) is 0 Å². The Morgan fingerprint density at radius 1 is 1.53 bits per heavy atom. The number of anilines is 1. The number of allylic oxidation sites excluding steroid dienone is 1. The highest BCUT2D eigenvalue weighted by molar-refractivity contribution is 6.03. The number of benzene rings is 1. The van der Waals surface area contributed by atoms with Gasteiger partial charge in [-0.2, -0.15) is 0 Å². The molecule has 5 nitrogen and oxygen atoms in total. The van der Waals surface area contributed by atoms with E-state index in [1.165, 1.54) is 18.2 Å². The second-order valence-corrected chi connectivity index (χ2v) is 3.56. The van der Waals surface area contributed by atoms with Crippen molar-refractivity contribution in [1.82, 2.24) is 0 Å². The van der Waals surface area contributed by atoms with Gasteiger partial charge in [0, 0.05) is 23.4 Å². The van der Waals surface area contributed by atoms with Crippen LogP contribution in [0.5, 0.6) is 0 Å². The normalized spacial score (nSPS) is 11.1. The molecule has 0 aliphatic rings. The molecule has 0 saturated heterocycles. The van der Waals surface area contributed by atoms with E-state index in [4.69, 9.17) is 0 Å². The lowest BCUT2D eigenvalue weighted by atomic mass is 10.2. The summed E-state index contributed by atoms with van der Waals surface area (Å²) < 4.78 is 0. The first-order valence-corrected chi connectivity index (χ1v) is 5.27. The molecule has 0 fully saturated rings. The van der Waals surface area contributed by atoms with Gasteiger partial charge in [-0.25, -0.2) is 0 Å². The highest BCUT2D eigenvalue weighted by atomic mass is 16.6. The number of nitro benzene ring substituents is 1. The van der Waals surface area contributed by atoms with Gasteiger partial charge in [0.05, 0.1) is 4.92 Å². The first kappa shape index (κ1) is 12.9. The average Bonchev–Trinajstić information content (AvgIpc) is 2.29. The fourth-order valence-corrected chi connectivity index (χ4v) is 1.33. The molecule has 5 heteroatoms. The summed E-state index contributed by atoms with van der Waals surface area (Å²) in [7, 11) is 0. The van der Waals surface area contributed by atoms with Gasteiger partial charge in [-0.3, -0.25) is 14.9 Å². The van der Waals surface area contributed by atoms with Crippen molar-refractivity contribution in [1.29, 1.82) is 0 Å². The molecule has 0 aliphatic heterocycles. The lowest BCUT2D eigenvalue weighted by Crippen LogP contribution is -2.12. The molecular formula is C12H14N2O3. The minimum absolute atomic E-state index is 0.0417. The molecule has 1 aromatic carbocycles.